The molecular weight excluding hydrogens is 260 g/mol. The van der Waals surface area contributed by atoms with Gasteiger partial charge in [-0.15, -0.1) is 11.3 Å². The minimum Gasteiger partial charge on any atom is -0.381 e. The average molecular weight is 275 g/mol. The van der Waals surface area contributed by atoms with Crippen LogP contribution in [0.5, 0.6) is 0 Å². The molecule has 0 N–H and O–H groups in total. The van der Waals surface area contributed by atoms with Crippen LogP contribution < -0.4 is 0 Å². The van der Waals surface area contributed by atoms with Crippen LogP contribution in [0.15, 0.2) is 12.1 Å². The maximum atomic E-state index is 12.0. The monoisotopic (exact) mass is 274 g/mol. The van der Waals surface area contributed by atoms with Gasteiger partial charge in [-0.2, -0.15) is 0 Å². The van der Waals surface area contributed by atoms with Crippen molar-refractivity contribution in [2.24, 2.45) is 5.92 Å². The maximum Gasteiger partial charge on any atom is 0.201 e. The first-order valence-electron chi connectivity index (χ1n) is 5.65. The van der Waals surface area contributed by atoms with Gasteiger partial charge in [0, 0.05) is 12.5 Å². The normalized spacial score (nSPS) is 21.6. The summed E-state index contributed by atoms with van der Waals surface area (Å²) in [6.45, 7) is 3.92. The summed E-state index contributed by atoms with van der Waals surface area (Å²) < 4.78 is 11.5. The van der Waals surface area contributed by atoms with Crippen LogP contribution in [0.3, 0.4) is 0 Å². The molecule has 2 rings (SSSR count). The van der Waals surface area contributed by atoms with E-state index in [0.29, 0.717) is 21.7 Å². The molecule has 1 aromatic rings. The van der Waals surface area contributed by atoms with E-state index in [9.17, 15) is 4.79 Å². The second-order valence-electron chi connectivity index (χ2n) is 4.17. The van der Waals surface area contributed by atoms with Crippen molar-refractivity contribution < 1.29 is 14.3 Å². The Bertz CT molecular complexity index is 385. The van der Waals surface area contributed by atoms with E-state index < -0.39 is 6.10 Å². The Balaban J connectivity index is 1.82. The Morgan fingerprint density at radius 3 is 3.12 bits per heavy atom. The molecule has 2 atom stereocenters. The van der Waals surface area contributed by atoms with Gasteiger partial charge < -0.3 is 9.47 Å². The van der Waals surface area contributed by atoms with E-state index in [0.717, 1.165) is 19.6 Å². The molecule has 0 radical (unpaired) electrons. The number of thiophene rings is 1. The number of hydrogen-bond acceptors (Lipinski definition) is 4. The predicted molar refractivity (Wildman–Crippen MR) is 68.0 cm³/mol. The van der Waals surface area contributed by atoms with Crippen LogP contribution in [-0.2, 0) is 9.47 Å². The van der Waals surface area contributed by atoms with Crippen molar-refractivity contribution in [3.8, 4) is 0 Å². The minimum absolute atomic E-state index is 0.000755. The first kappa shape index (κ1) is 13.0. The Kier molecular flexibility index (Phi) is 4.56. The van der Waals surface area contributed by atoms with Crippen LogP contribution in [0.4, 0.5) is 0 Å². The van der Waals surface area contributed by atoms with Crippen LogP contribution in [0.1, 0.15) is 23.0 Å². The molecule has 0 saturated carbocycles. The molecule has 5 heteroatoms. The molecule has 1 fully saturated rings. The highest BCUT2D eigenvalue weighted by molar-refractivity contribution is 7.18. The molecule has 94 valence electrons. The van der Waals surface area contributed by atoms with Gasteiger partial charge in [0.25, 0.3) is 0 Å². The highest BCUT2D eigenvalue weighted by Crippen LogP contribution is 2.23. The predicted octanol–water partition coefficient (Wildman–Crippen LogP) is 3.03. The molecule has 2 heterocycles. The quantitative estimate of drug-likeness (QED) is 0.774. The third kappa shape index (κ3) is 3.52. The third-order valence-electron chi connectivity index (χ3n) is 2.79. The first-order valence-corrected chi connectivity index (χ1v) is 6.85. The fraction of sp³-hybridized carbons (Fsp3) is 0.583. The van der Waals surface area contributed by atoms with Crippen LogP contribution in [0.2, 0.25) is 4.34 Å². The van der Waals surface area contributed by atoms with E-state index in [1.54, 1.807) is 19.1 Å². The Morgan fingerprint density at radius 1 is 1.71 bits per heavy atom. The van der Waals surface area contributed by atoms with Crippen LogP contribution >= 0.6 is 22.9 Å². The van der Waals surface area contributed by atoms with Crippen molar-refractivity contribution in [3.63, 3.8) is 0 Å². The summed E-state index contributed by atoms with van der Waals surface area (Å²) in [6, 6.07) is 3.48. The molecule has 3 nitrogen and oxygen atoms in total. The van der Waals surface area contributed by atoms with Gasteiger partial charge in [-0.25, -0.2) is 0 Å². The lowest BCUT2D eigenvalue weighted by atomic mass is 10.1. The van der Waals surface area contributed by atoms with E-state index in [2.05, 4.69) is 0 Å². The SMILES string of the molecule is CC(OCC1CCOC1)C(=O)c1ccc(Cl)s1. The number of Topliss-reactive ketones (excluding diaryl/α,β-unsaturated/α-hetero) is 1. The average Bonchev–Trinajstić information content (AvgIpc) is 2.95. The highest BCUT2D eigenvalue weighted by Gasteiger charge is 2.21. The zero-order valence-electron chi connectivity index (χ0n) is 9.65. The summed E-state index contributed by atoms with van der Waals surface area (Å²) in [7, 11) is 0. The highest BCUT2D eigenvalue weighted by atomic mass is 35.5. The molecular formula is C12H15ClO3S. The number of ether oxygens (including phenoxy) is 2. The Hall–Kier alpha value is -0.420. The molecule has 0 aromatic carbocycles. The van der Waals surface area contributed by atoms with E-state index in [1.165, 1.54) is 11.3 Å². The molecule has 17 heavy (non-hydrogen) atoms. The third-order valence-corrected chi connectivity index (χ3v) is 4.04. The lowest BCUT2D eigenvalue weighted by Gasteiger charge is -2.13. The summed E-state index contributed by atoms with van der Waals surface area (Å²) in [5, 5.41) is 0. The molecule has 1 saturated heterocycles. The van der Waals surface area contributed by atoms with Crippen LogP contribution in [-0.4, -0.2) is 31.7 Å². The van der Waals surface area contributed by atoms with Gasteiger partial charge in [-0.1, -0.05) is 11.6 Å². The second kappa shape index (κ2) is 5.96. The maximum absolute atomic E-state index is 12.0. The zero-order valence-corrected chi connectivity index (χ0v) is 11.2. The van der Waals surface area contributed by atoms with Crippen molar-refractivity contribution in [2.75, 3.05) is 19.8 Å². The lowest BCUT2D eigenvalue weighted by molar-refractivity contribution is 0.0325. The van der Waals surface area contributed by atoms with E-state index >= 15 is 0 Å². The van der Waals surface area contributed by atoms with Crippen molar-refractivity contribution in [3.05, 3.63) is 21.3 Å². The number of rotatable bonds is 5. The number of carbonyl (C=O) groups excluding carboxylic acids is 1. The van der Waals surface area contributed by atoms with Gasteiger partial charge in [0.2, 0.25) is 5.78 Å². The summed E-state index contributed by atoms with van der Waals surface area (Å²) in [5.41, 5.74) is 0. The van der Waals surface area contributed by atoms with Crippen molar-refractivity contribution in [1.82, 2.24) is 0 Å². The van der Waals surface area contributed by atoms with Crippen molar-refractivity contribution in [1.29, 1.82) is 0 Å². The fourth-order valence-electron chi connectivity index (χ4n) is 1.72. The summed E-state index contributed by atoms with van der Waals surface area (Å²) in [4.78, 5) is 12.6. The van der Waals surface area contributed by atoms with Gasteiger partial charge in [-0.05, 0) is 25.5 Å². The standard InChI is InChI=1S/C12H15ClO3S/c1-8(16-7-9-4-5-15-6-9)12(14)10-2-3-11(13)17-10/h2-3,8-9H,4-7H2,1H3. The molecule has 0 spiro atoms. The molecule has 1 aromatic heterocycles. The molecule has 1 aliphatic rings. The summed E-state index contributed by atoms with van der Waals surface area (Å²) in [6.07, 6.45) is 0.608. The lowest BCUT2D eigenvalue weighted by Crippen LogP contribution is -2.23. The van der Waals surface area contributed by atoms with E-state index in [4.69, 9.17) is 21.1 Å². The molecule has 2 unspecified atom stereocenters. The first-order chi connectivity index (χ1) is 8.16. The van der Waals surface area contributed by atoms with E-state index in [1.807, 2.05) is 0 Å². The van der Waals surface area contributed by atoms with Crippen molar-refractivity contribution >= 4 is 28.7 Å². The fourth-order valence-corrected chi connectivity index (χ4v) is 2.78. The van der Waals surface area contributed by atoms with Gasteiger partial charge in [-0.3, -0.25) is 4.79 Å². The molecule has 1 aliphatic heterocycles. The molecule has 0 bridgehead atoms. The topological polar surface area (TPSA) is 35.5 Å². The number of halogens is 1. The number of carbonyl (C=O) groups is 1. The van der Waals surface area contributed by atoms with Gasteiger partial charge in [0.05, 0.1) is 22.4 Å². The smallest absolute Gasteiger partial charge is 0.201 e. The zero-order chi connectivity index (χ0) is 12.3. The molecule has 0 aliphatic carbocycles. The second-order valence-corrected chi connectivity index (χ2v) is 5.89. The van der Waals surface area contributed by atoms with Gasteiger partial charge in [0.1, 0.15) is 6.10 Å². The van der Waals surface area contributed by atoms with Crippen molar-refractivity contribution in [2.45, 2.75) is 19.4 Å². The van der Waals surface area contributed by atoms with E-state index in [-0.39, 0.29) is 5.78 Å². The summed E-state index contributed by atoms with van der Waals surface area (Å²) in [5.74, 6) is 0.429. The Morgan fingerprint density at radius 2 is 2.53 bits per heavy atom. The minimum atomic E-state index is -0.412. The molecule has 0 amide bonds. The van der Waals surface area contributed by atoms with Crippen LogP contribution in [0.25, 0.3) is 0 Å². The number of ketones is 1. The Labute approximate surface area is 110 Å². The van der Waals surface area contributed by atoms with Gasteiger partial charge in [0.15, 0.2) is 0 Å². The van der Waals surface area contributed by atoms with Gasteiger partial charge >= 0.3 is 0 Å². The summed E-state index contributed by atoms with van der Waals surface area (Å²) >= 11 is 7.09. The number of hydrogen-bond donors (Lipinski definition) is 0. The van der Waals surface area contributed by atoms with Crippen LogP contribution in [0, 0.1) is 5.92 Å². The largest absolute Gasteiger partial charge is 0.381 e.